The minimum absolute atomic E-state index is 0.0281. The maximum atomic E-state index is 12.8. The lowest BCUT2D eigenvalue weighted by molar-refractivity contribution is 0.103. The van der Waals surface area contributed by atoms with Crippen molar-refractivity contribution in [1.82, 2.24) is 0 Å². The Morgan fingerprint density at radius 1 is 1.17 bits per heavy atom. The van der Waals surface area contributed by atoms with Crippen LogP contribution >= 0.6 is 0 Å². The van der Waals surface area contributed by atoms with Crippen LogP contribution in [0.25, 0.3) is 11.0 Å². The molecule has 24 heavy (non-hydrogen) atoms. The van der Waals surface area contributed by atoms with Crippen LogP contribution in [0.5, 0.6) is 11.5 Å². The zero-order valence-corrected chi connectivity index (χ0v) is 14.3. The van der Waals surface area contributed by atoms with Crippen molar-refractivity contribution in [3.05, 3.63) is 45.7 Å². The van der Waals surface area contributed by atoms with E-state index in [4.69, 9.17) is 4.42 Å². The minimum atomic E-state index is -0.511. The number of phenolic OH excluding ortho intramolecular Hbond substituents is 2. The van der Waals surface area contributed by atoms with Crippen LogP contribution in [0.3, 0.4) is 0 Å². The van der Waals surface area contributed by atoms with Gasteiger partial charge in [-0.3, -0.25) is 4.79 Å². The van der Waals surface area contributed by atoms with Gasteiger partial charge < -0.3 is 14.6 Å². The number of hydrogen-bond donors (Lipinski definition) is 2. The molecule has 2 N–H and O–H groups in total. The van der Waals surface area contributed by atoms with Crippen LogP contribution in [0.2, 0.25) is 0 Å². The largest absolute Gasteiger partial charge is 0.506 e. The second-order valence-electron chi connectivity index (χ2n) is 7.23. The molecular formula is C20H20O4. The van der Waals surface area contributed by atoms with Crippen molar-refractivity contribution >= 4 is 16.8 Å². The van der Waals surface area contributed by atoms with Crippen LogP contribution in [0.15, 0.2) is 33.5 Å². The maximum Gasteiger partial charge on any atom is 0.190 e. The summed E-state index contributed by atoms with van der Waals surface area (Å²) in [5, 5.41) is 22.1. The van der Waals surface area contributed by atoms with Gasteiger partial charge in [0.25, 0.3) is 0 Å². The van der Waals surface area contributed by atoms with Crippen LogP contribution < -0.4 is 0 Å². The molecule has 0 unspecified atom stereocenters. The lowest BCUT2D eigenvalue weighted by Crippen LogP contribution is -2.34. The maximum absolute atomic E-state index is 12.8. The smallest absolute Gasteiger partial charge is 0.190 e. The molecule has 2 aliphatic carbocycles. The van der Waals surface area contributed by atoms with E-state index in [2.05, 4.69) is 6.92 Å². The second kappa shape index (κ2) is 4.53. The number of furan rings is 1. The van der Waals surface area contributed by atoms with E-state index in [1.807, 2.05) is 13.8 Å². The highest BCUT2D eigenvalue weighted by Crippen LogP contribution is 2.56. The van der Waals surface area contributed by atoms with Crippen LogP contribution in [0.4, 0.5) is 0 Å². The Kier molecular flexibility index (Phi) is 2.84. The predicted molar refractivity (Wildman–Crippen MR) is 91.7 cm³/mol. The molecule has 0 amide bonds. The van der Waals surface area contributed by atoms with Gasteiger partial charge in [0.05, 0.1) is 17.2 Å². The number of ketones is 1. The Bertz CT molecular complexity index is 987. The Balaban J connectivity index is 2.16. The molecule has 1 atom stereocenters. The Morgan fingerprint density at radius 2 is 1.88 bits per heavy atom. The molecule has 124 valence electrons. The van der Waals surface area contributed by atoms with E-state index in [1.165, 1.54) is 11.8 Å². The molecule has 2 aromatic rings. The van der Waals surface area contributed by atoms with Gasteiger partial charge in [-0.2, -0.15) is 0 Å². The number of benzene rings is 1. The first kappa shape index (κ1) is 15.1. The first-order valence-corrected chi connectivity index (χ1v) is 8.16. The Labute approximate surface area is 140 Å². The summed E-state index contributed by atoms with van der Waals surface area (Å²) in [6.45, 7) is 7.90. The highest BCUT2D eigenvalue weighted by molar-refractivity contribution is 6.15. The Morgan fingerprint density at radius 3 is 2.58 bits per heavy atom. The summed E-state index contributed by atoms with van der Waals surface area (Å²) < 4.78 is 5.48. The highest BCUT2D eigenvalue weighted by atomic mass is 16.3. The summed E-state index contributed by atoms with van der Waals surface area (Å²) in [6.07, 6.45) is 4.79. The Hall–Kier alpha value is -2.49. The van der Waals surface area contributed by atoms with Gasteiger partial charge in [0.1, 0.15) is 5.75 Å². The molecular weight excluding hydrogens is 304 g/mol. The molecule has 4 nitrogen and oxygen atoms in total. The number of fused-ring (bicyclic) bond motifs is 4. The molecule has 0 aliphatic heterocycles. The van der Waals surface area contributed by atoms with E-state index in [0.29, 0.717) is 16.5 Å². The highest BCUT2D eigenvalue weighted by Gasteiger charge is 2.45. The number of phenols is 2. The van der Waals surface area contributed by atoms with Gasteiger partial charge >= 0.3 is 0 Å². The number of rotatable bonds is 0. The molecule has 1 heterocycles. The molecule has 0 bridgehead atoms. The van der Waals surface area contributed by atoms with Gasteiger partial charge in [-0.15, -0.1) is 0 Å². The summed E-state index contributed by atoms with van der Waals surface area (Å²) in [5.41, 5.74) is 4.43. The third-order valence-electron chi connectivity index (χ3n) is 5.86. The molecule has 1 aromatic carbocycles. The molecule has 2 aliphatic rings. The summed E-state index contributed by atoms with van der Waals surface area (Å²) in [5.74, 6) is -0.379. The molecule has 0 spiro atoms. The molecule has 1 aromatic heterocycles. The van der Waals surface area contributed by atoms with Crippen LogP contribution in [0, 0.1) is 6.92 Å². The normalized spacial score (nSPS) is 23.3. The van der Waals surface area contributed by atoms with Gasteiger partial charge in [0.15, 0.2) is 17.1 Å². The number of carbonyl (C=O) groups is 1. The summed E-state index contributed by atoms with van der Waals surface area (Å²) in [7, 11) is 0. The van der Waals surface area contributed by atoms with Gasteiger partial charge in [-0.25, -0.2) is 0 Å². The molecule has 0 saturated carbocycles. The molecule has 0 fully saturated rings. The van der Waals surface area contributed by atoms with Crippen LogP contribution in [-0.4, -0.2) is 16.0 Å². The lowest BCUT2D eigenvalue weighted by atomic mass is 9.61. The van der Waals surface area contributed by atoms with Crippen molar-refractivity contribution < 1.29 is 19.4 Å². The number of aryl methyl sites for hydroxylation is 1. The van der Waals surface area contributed by atoms with E-state index in [9.17, 15) is 15.0 Å². The molecule has 4 heteroatoms. The fraction of sp³-hybridized carbons (Fsp3) is 0.350. The third-order valence-corrected chi connectivity index (χ3v) is 5.86. The first-order chi connectivity index (χ1) is 11.3. The van der Waals surface area contributed by atoms with Crippen molar-refractivity contribution in [2.75, 3.05) is 0 Å². The average Bonchev–Trinajstić information content (AvgIpc) is 2.92. The quantitative estimate of drug-likeness (QED) is 0.691. The lowest BCUT2D eigenvalue weighted by Gasteiger charge is -2.41. The summed E-state index contributed by atoms with van der Waals surface area (Å²) >= 11 is 0. The van der Waals surface area contributed by atoms with E-state index in [-0.39, 0.29) is 28.4 Å². The number of carbonyl (C=O) groups excluding carboxylic acids is 1. The van der Waals surface area contributed by atoms with Crippen LogP contribution in [0.1, 0.15) is 55.1 Å². The van der Waals surface area contributed by atoms with E-state index < -0.39 is 5.41 Å². The van der Waals surface area contributed by atoms with E-state index in [1.54, 1.807) is 13.0 Å². The fourth-order valence-electron chi connectivity index (χ4n) is 4.30. The van der Waals surface area contributed by atoms with Crippen molar-refractivity contribution in [2.45, 2.75) is 46.0 Å². The zero-order valence-electron chi connectivity index (χ0n) is 14.3. The minimum Gasteiger partial charge on any atom is -0.506 e. The van der Waals surface area contributed by atoms with E-state index in [0.717, 1.165) is 24.0 Å². The monoisotopic (exact) mass is 324 g/mol. The van der Waals surface area contributed by atoms with Crippen LogP contribution in [-0.2, 0) is 5.41 Å². The van der Waals surface area contributed by atoms with Crippen molar-refractivity contribution in [3.8, 4) is 11.5 Å². The van der Waals surface area contributed by atoms with Gasteiger partial charge in [-0.1, -0.05) is 12.5 Å². The average molecular weight is 324 g/mol. The van der Waals surface area contributed by atoms with Crippen molar-refractivity contribution in [3.63, 3.8) is 0 Å². The van der Waals surface area contributed by atoms with Crippen molar-refractivity contribution in [1.29, 1.82) is 0 Å². The zero-order chi connectivity index (χ0) is 17.4. The number of hydrogen-bond acceptors (Lipinski definition) is 4. The number of aromatic hydroxyl groups is 2. The standard InChI is InChI=1S/C20H20O4/c1-9-5-6-20(4)12(11(9)3)7-13(21)15-16(20)18(23)19-14(17(15)22)10(2)8-24-19/h7-8,22-23H,5-6H2,1-4H3/t20-/m1/s1. The molecule has 4 rings (SSSR count). The first-order valence-electron chi connectivity index (χ1n) is 8.16. The predicted octanol–water partition coefficient (Wildman–Crippen LogP) is 4.66. The van der Waals surface area contributed by atoms with E-state index >= 15 is 0 Å². The van der Waals surface area contributed by atoms with Gasteiger partial charge in [-0.05, 0) is 56.4 Å². The summed E-state index contributed by atoms with van der Waals surface area (Å²) in [6, 6.07) is 0. The van der Waals surface area contributed by atoms with Crippen molar-refractivity contribution in [2.24, 2.45) is 0 Å². The topological polar surface area (TPSA) is 70.7 Å². The fourth-order valence-corrected chi connectivity index (χ4v) is 4.30. The molecule has 0 radical (unpaired) electrons. The SMILES string of the molecule is CC1=C(C)C2=CC(=O)c3c(c(O)c4occ(C)c4c3O)[C@]2(C)CC1. The van der Waals surface area contributed by atoms with Gasteiger partial charge in [0, 0.05) is 11.0 Å². The second-order valence-corrected chi connectivity index (χ2v) is 7.23. The van der Waals surface area contributed by atoms with Gasteiger partial charge in [0.2, 0.25) is 0 Å². The number of allylic oxidation sites excluding steroid dienone is 4. The third kappa shape index (κ3) is 1.61. The summed E-state index contributed by atoms with van der Waals surface area (Å²) in [4.78, 5) is 12.8. The molecule has 0 saturated heterocycles.